The molecule has 0 saturated carbocycles. The van der Waals surface area contributed by atoms with Gasteiger partial charge in [-0.3, -0.25) is 0 Å². The van der Waals surface area contributed by atoms with Crippen LogP contribution in [0.25, 0.3) is 5.65 Å². The fourth-order valence-corrected chi connectivity index (χ4v) is 1.42. The number of pyridine rings is 1. The molecule has 2 aromatic rings. The first-order valence-electron chi connectivity index (χ1n) is 5.02. The van der Waals surface area contributed by atoms with E-state index in [4.69, 9.17) is 0 Å². The molecular formula is C11H14FN3. The zero-order valence-electron chi connectivity index (χ0n) is 8.87. The van der Waals surface area contributed by atoms with Crippen LogP contribution in [0.4, 0.5) is 4.39 Å². The van der Waals surface area contributed by atoms with E-state index >= 15 is 0 Å². The predicted molar refractivity (Wildman–Crippen MR) is 57.1 cm³/mol. The molecule has 3 nitrogen and oxygen atoms in total. The average molecular weight is 207 g/mol. The Morgan fingerprint density at radius 3 is 3.00 bits per heavy atom. The molecule has 0 unspecified atom stereocenters. The van der Waals surface area contributed by atoms with Crippen molar-refractivity contribution in [2.24, 2.45) is 0 Å². The molecule has 0 saturated heterocycles. The number of aromatic nitrogens is 2. The van der Waals surface area contributed by atoms with Crippen LogP contribution >= 0.6 is 0 Å². The van der Waals surface area contributed by atoms with Crippen molar-refractivity contribution < 1.29 is 4.39 Å². The van der Waals surface area contributed by atoms with Gasteiger partial charge in [0.25, 0.3) is 0 Å². The van der Waals surface area contributed by atoms with Gasteiger partial charge >= 0.3 is 0 Å². The Labute approximate surface area is 87.9 Å². The summed E-state index contributed by atoms with van der Waals surface area (Å²) < 4.78 is 15.0. The number of fused-ring (bicyclic) bond motifs is 1. The quantitative estimate of drug-likeness (QED) is 0.833. The van der Waals surface area contributed by atoms with Gasteiger partial charge in [-0.1, -0.05) is 13.8 Å². The van der Waals surface area contributed by atoms with Crippen molar-refractivity contribution >= 4 is 5.65 Å². The fraction of sp³-hybridized carbons (Fsp3) is 0.364. The number of imidazole rings is 1. The van der Waals surface area contributed by atoms with E-state index in [1.165, 1.54) is 6.07 Å². The lowest BCUT2D eigenvalue weighted by Gasteiger charge is -2.04. The summed E-state index contributed by atoms with van der Waals surface area (Å²) in [6, 6.07) is 3.49. The number of hydrogen-bond donors (Lipinski definition) is 1. The highest BCUT2D eigenvalue weighted by Crippen LogP contribution is 2.09. The Balaban J connectivity index is 2.27. The third-order valence-electron chi connectivity index (χ3n) is 2.18. The van der Waals surface area contributed by atoms with Gasteiger partial charge in [-0.15, -0.1) is 0 Å². The molecule has 0 bridgehead atoms. The van der Waals surface area contributed by atoms with Crippen molar-refractivity contribution in [2.45, 2.75) is 26.4 Å². The van der Waals surface area contributed by atoms with Gasteiger partial charge in [0, 0.05) is 25.0 Å². The first-order chi connectivity index (χ1) is 7.16. The molecule has 2 aromatic heterocycles. The second kappa shape index (κ2) is 3.98. The Kier molecular flexibility index (Phi) is 2.68. The van der Waals surface area contributed by atoms with Crippen LogP contribution in [0.2, 0.25) is 0 Å². The van der Waals surface area contributed by atoms with Crippen LogP contribution in [0, 0.1) is 5.82 Å². The van der Waals surface area contributed by atoms with E-state index in [2.05, 4.69) is 24.1 Å². The highest BCUT2D eigenvalue weighted by molar-refractivity contribution is 5.41. The van der Waals surface area contributed by atoms with Gasteiger partial charge in [-0.25, -0.2) is 9.37 Å². The van der Waals surface area contributed by atoms with Gasteiger partial charge in [-0.05, 0) is 12.1 Å². The molecule has 4 heteroatoms. The molecular weight excluding hydrogens is 193 g/mol. The van der Waals surface area contributed by atoms with E-state index in [9.17, 15) is 4.39 Å². The summed E-state index contributed by atoms with van der Waals surface area (Å²) in [6.07, 6.45) is 3.64. The predicted octanol–water partition coefficient (Wildman–Crippen LogP) is 1.97. The van der Waals surface area contributed by atoms with Gasteiger partial charge in [0.1, 0.15) is 0 Å². The number of nitrogens with one attached hydrogen (secondary N) is 1. The summed E-state index contributed by atoms with van der Waals surface area (Å²) in [5.74, 6) is -0.284. The van der Waals surface area contributed by atoms with Crippen LogP contribution < -0.4 is 5.32 Å². The van der Waals surface area contributed by atoms with Crippen LogP contribution in [0.1, 0.15) is 19.5 Å². The maximum absolute atomic E-state index is 13.3. The topological polar surface area (TPSA) is 29.3 Å². The van der Waals surface area contributed by atoms with Crippen LogP contribution in [-0.4, -0.2) is 15.4 Å². The van der Waals surface area contributed by atoms with Crippen molar-refractivity contribution in [3.63, 3.8) is 0 Å². The largest absolute Gasteiger partial charge is 0.309 e. The zero-order chi connectivity index (χ0) is 10.8. The first-order valence-corrected chi connectivity index (χ1v) is 5.02. The monoisotopic (exact) mass is 207 g/mol. The Morgan fingerprint density at radius 2 is 2.33 bits per heavy atom. The van der Waals surface area contributed by atoms with E-state index in [0.29, 0.717) is 18.2 Å². The lowest BCUT2D eigenvalue weighted by Crippen LogP contribution is -2.21. The van der Waals surface area contributed by atoms with Crippen molar-refractivity contribution in [1.29, 1.82) is 0 Å². The molecule has 2 rings (SSSR count). The molecule has 0 aliphatic carbocycles. The Morgan fingerprint density at radius 1 is 1.53 bits per heavy atom. The zero-order valence-corrected chi connectivity index (χ0v) is 8.87. The smallest absolute Gasteiger partial charge is 0.173 e. The number of halogens is 1. The normalized spacial score (nSPS) is 11.5. The second-order valence-corrected chi connectivity index (χ2v) is 3.85. The maximum Gasteiger partial charge on any atom is 0.173 e. The minimum atomic E-state index is -0.284. The highest BCUT2D eigenvalue weighted by atomic mass is 19.1. The average Bonchev–Trinajstić information content (AvgIpc) is 2.59. The molecule has 0 fully saturated rings. The standard InChI is InChI=1S/C11H14FN3/c1-8(2)13-6-9-7-15-5-3-4-10(12)11(15)14-9/h3-5,7-8,13H,6H2,1-2H3. The van der Waals surface area contributed by atoms with Gasteiger partial charge in [-0.2, -0.15) is 0 Å². The third-order valence-corrected chi connectivity index (χ3v) is 2.18. The summed E-state index contributed by atoms with van der Waals surface area (Å²) >= 11 is 0. The Hall–Kier alpha value is -1.42. The van der Waals surface area contributed by atoms with Crippen LogP contribution in [0.3, 0.4) is 0 Å². The van der Waals surface area contributed by atoms with Crippen molar-refractivity contribution in [1.82, 2.24) is 14.7 Å². The van der Waals surface area contributed by atoms with Gasteiger partial charge < -0.3 is 9.72 Å². The van der Waals surface area contributed by atoms with E-state index in [1.807, 2.05) is 6.20 Å². The van der Waals surface area contributed by atoms with Crippen molar-refractivity contribution in [3.05, 3.63) is 36.0 Å². The summed E-state index contributed by atoms with van der Waals surface area (Å²) in [7, 11) is 0. The molecule has 0 radical (unpaired) electrons. The van der Waals surface area contributed by atoms with E-state index in [1.54, 1.807) is 16.7 Å². The molecule has 1 N–H and O–H groups in total. The molecule has 0 aliphatic rings. The second-order valence-electron chi connectivity index (χ2n) is 3.85. The van der Waals surface area contributed by atoms with E-state index in [0.717, 1.165) is 5.69 Å². The number of hydrogen-bond acceptors (Lipinski definition) is 2. The molecule has 0 spiro atoms. The molecule has 0 amide bonds. The minimum absolute atomic E-state index is 0.284. The SMILES string of the molecule is CC(C)NCc1cn2cccc(F)c2n1. The molecule has 0 atom stereocenters. The fourth-order valence-electron chi connectivity index (χ4n) is 1.42. The van der Waals surface area contributed by atoms with E-state index in [-0.39, 0.29) is 5.82 Å². The van der Waals surface area contributed by atoms with E-state index < -0.39 is 0 Å². The summed E-state index contributed by atoms with van der Waals surface area (Å²) in [5, 5.41) is 3.24. The summed E-state index contributed by atoms with van der Waals surface area (Å²) in [5.41, 5.74) is 1.24. The lowest BCUT2D eigenvalue weighted by atomic mass is 10.3. The first kappa shape index (κ1) is 10.1. The van der Waals surface area contributed by atoms with Crippen LogP contribution in [0.15, 0.2) is 24.5 Å². The molecule has 2 heterocycles. The van der Waals surface area contributed by atoms with Crippen molar-refractivity contribution in [2.75, 3.05) is 0 Å². The maximum atomic E-state index is 13.3. The highest BCUT2D eigenvalue weighted by Gasteiger charge is 2.05. The van der Waals surface area contributed by atoms with Crippen LogP contribution in [0.5, 0.6) is 0 Å². The Bertz CT molecular complexity index is 462. The van der Waals surface area contributed by atoms with Gasteiger partial charge in [0.15, 0.2) is 11.5 Å². The summed E-state index contributed by atoms with van der Waals surface area (Å²) in [4.78, 5) is 4.21. The molecule has 80 valence electrons. The molecule has 0 aliphatic heterocycles. The summed E-state index contributed by atoms with van der Waals surface area (Å²) in [6.45, 7) is 4.80. The third kappa shape index (κ3) is 2.15. The molecule has 15 heavy (non-hydrogen) atoms. The lowest BCUT2D eigenvalue weighted by molar-refractivity contribution is 0.582. The minimum Gasteiger partial charge on any atom is -0.309 e. The molecule has 0 aromatic carbocycles. The van der Waals surface area contributed by atoms with Crippen LogP contribution in [-0.2, 0) is 6.54 Å². The number of nitrogens with zero attached hydrogens (tertiary/aromatic N) is 2. The van der Waals surface area contributed by atoms with Crippen molar-refractivity contribution in [3.8, 4) is 0 Å². The van der Waals surface area contributed by atoms with Gasteiger partial charge in [0.05, 0.1) is 5.69 Å². The number of rotatable bonds is 3. The van der Waals surface area contributed by atoms with Gasteiger partial charge in [0.2, 0.25) is 0 Å².